The molecule has 0 fully saturated rings. The zero-order chi connectivity index (χ0) is 29.8. The third kappa shape index (κ3) is 6.10. The Morgan fingerprint density at radius 2 is 1.10 bits per heavy atom. The Morgan fingerprint density at radius 3 is 1.52 bits per heavy atom. The molecule has 216 valence electrons. The maximum atomic E-state index is 7.43. The molecule has 2 atom stereocenters. The molecule has 10 heteroatoms. The molecule has 1 aliphatic rings. The monoisotopic (exact) mass is 793 g/mol. The normalized spacial score (nSPS) is 22.2. The van der Waals surface area contributed by atoms with Crippen molar-refractivity contribution in [2.75, 3.05) is 0 Å². The van der Waals surface area contributed by atoms with E-state index in [1.165, 1.54) is 15.9 Å². The van der Waals surface area contributed by atoms with Gasteiger partial charge in [-0.3, -0.25) is 0 Å². The van der Waals surface area contributed by atoms with E-state index in [1.54, 1.807) is 0 Å². The van der Waals surface area contributed by atoms with E-state index < -0.39 is 17.7 Å². The molecule has 0 aromatic heterocycles. The van der Waals surface area contributed by atoms with Crippen molar-refractivity contribution in [1.29, 1.82) is 0 Å². The molecule has 4 nitrogen and oxygen atoms in total. The maximum absolute atomic E-state index is 7.43. The Hall–Kier alpha value is -0.132. The third-order valence-corrected chi connectivity index (χ3v) is 30.5. The molecule has 4 rings (SSSR count). The van der Waals surface area contributed by atoms with Gasteiger partial charge in [0.25, 0.3) is 0 Å². The molecule has 0 bridgehead atoms. The van der Waals surface area contributed by atoms with Crippen LogP contribution in [0.15, 0.2) is 84.9 Å². The Balaban J connectivity index is 2.01. The van der Waals surface area contributed by atoms with Gasteiger partial charge >= 0.3 is 267 Å². The Morgan fingerprint density at radius 1 is 0.675 bits per heavy atom. The van der Waals surface area contributed by atoms with E-state index >= 15 is 0 Å². The van der Waals surface area contributed by atoms with Gasteiger partial charge in [0.15, 0.2) is 0 Å². The molecule has 0 unspecified atom stereocenters. The molecule has 1 aliphatic heterocycles. The van der Waals surface area contributed by atoms with E-state index in [2.05, 4.69) is 207 Å². The number of hydrogen-bond donors (Lipinski definition) is 1. The van der Waals surface area contributed by atoms with Gasteiger partial charge in [-0.05, 0) is 0 Å². The second-order valence-electron chi connectivity index (χ2n) is 13.2. The fraction of sp³-hybridized carbons (Fsp3) is 0.400. The van der Waals surface area contributed by atoms with Crippen LogP contribution in [-0.4, -0.2) is 71.1 Å². The molecular weight excluding hydrogens is 748 g/mol. The molecule has 1 heterocycles. The molecule has 0 radical (unpaired) electrons. The first kappa shape index (κ1) is 32.8. The molecule has 3 aromatic rings. The van der Waals surface area contributed by atoms with E-state index in [0.29, 0.717) is 0 Å². The number of para-hydroxylation sites is 1. The van der Waals surface area contributed by atoms with E-state index in [4.69, 9.17) is 4.52 Å². The third-order valence-electron chi connectivity index (χ3n) is 6.33. The molecule has 0 spiro atoms. The first-order chi connectivity index (χ1) is 18.3. The predicted octanol–water partition coefficient (Wildman–Crippen LogP) is 6.70. The first-order valence-electron chi connectivity index (χ1n) is 13.5. The van der Waals surface area contributed by atoms with Crippen LogP contribution >= 0.6 is 17.7 Å². The fourth-order valence-corrected chi connectivity index (χ4v) is 39.4. The average molecular weight is 790 g/mol. The summed E-state index contributed by atoms with van der Waals surface area (Å²) in [6, 6.07) is 28.3. The second-order valence-corrected chi connectivity index (χ2v) is 30.2. The minimum atomic E-state index is -2.41. The number of nitrogens with one attached hydrogen (secondary N) is 1. The van der Waals surface area contributed by atoms with E-state index in [0.717, 1.165) is 5.75 Å². The van der Waals surface area contributed by atoms with Gasteiger partial charge in [-0.25, -0.2) is 0 Å². The van der Waals surface area contributed by atoms with Crippen LogP contribution in [-0.2, 0) is 0 Å². The van der Waals surface area contributed by atoms with Gasteiger partial charge in [0.2, 0.25) is 0 Å². The van der Waals surface area contributed by atoms with Gasteiger partial charge in [-0.2, -0.15) is 0 Å². The summed E-state index contributed by atoms with van der Waals surface area (Å²) in [7, 11) is 0. The summed E-state index contributed by atoms with van der Waals surface area (Å²) in [5.41, 5.74) is -2.48. The molecule has 0 saturated heterocycles. The summed E-state index contributed by atoms with van der Waals surface area (Å²) in [4.78, 5) is 0. The van der Waals surface area contributed by atoms with Crippen LogP contribution in [0.2, 0.25) is 0 Å². The van der Waals surface area contributed by atoms with Gasteiger partial charge in [0.1, 0.15) is 0 Å². The SMILES string of the molecule is CC(C)(C)N[P@]1([Se-])=[N+](C(C)(C)C)[P@]([Se-])(Oc2ccccc2P(=[Se])(c2ccccc2)c2ccccc2)=[N+]1C(C)(C)C. The van der Waals surface area contributed by atoms with Crippen molar-refractivity contribution in [3.8, 4) is 5.75 Å². The van der Waals surface area contributed by atoms with Gasteiger partial charge < -0.3 is 0 Å². The van der Waals surface area contributed by atoms with Crippen molar-refractivity contribution in [1.82, 2.24) is 5.09 Å². The number of hydrogen-bond acceptors (Lipinski definition) is 2. The van der Waals surface area contributed by atoms with Gasteiger partial charge in [0.05, 0.1) is 0 Å². The zero-order valence-electron chi connectivity index (χ0n) is 25.0. The molecule has 0 saturated carbocycles. The van der Waals surface area contributed by atoms with Crippen LogP contribution < -0.4 is 25.5 Å². The fourth-order valence-electron chi connectivity index (χ4n) is 5.24. The number of rotatable bonds is 6. The van der Waals surface area contributed by atoms with Crippen LogP contribution in [0.25, 0.3) is 0 Å². The van der Waals surface area contributed by atoms with Crippen molar-refractivity contribution in [2.24, 2.45) is 0 Å². The van der Waals surface area contributed by atoms with Gasteiger partial charge in [-0.1, -0.05) is 0 Å². The van der Waals surface area contributed by atoms with Gasteiger partial charge in [-0.15, -0.1) is 0 Å². The van der Waals surface area contributed by atoms with Crippen molar-refractivity contribution >= 4 is 79.8 Å². The van der Waals surface area contributed by atoms with Crippen molar-refractivity contribution < 1.29 is 12.7 Å². The predicted molar refractivity (Wildman–Crippen MR) is 180 cm³/mol. The van der Waals surface area contributed by atoms with Crippen LogP contribution in [0.5, 0.6) is 5.75 Å². The summed E-state index contributed by atoms with van der Waals surface area (Å²) in [6.07, 6.45) is -2.41. The van der Waals surface area contributed by atoms with E-state index in [-0.39, 0.29) is 16.6 Å². The Labute approximate surface area is 265 Å². The van der Waals surface area contributed by atoms with Crippen molar-refractivity contribution in [2.45, 2.75) is 78.9 Å². The molecular formula is C30H42N3OP3Se3. The topological polar surface area (TPSA) is 27.3 Å². The van der Waals surface area contributed by atoms with Crippen LogP contribution in [0.3, 0.4) is 0 Å². The molecule has 0 aliphatic carbocycles. The molecule has 0 amide bonds. The Bertz CT molecular complexity index is 1530. The second kappa shape index (κ2) is 11.4. The zero-order valence-corrected chi connectivity index (χ0v) is 32.8. The summed E-state index contributed by atoms with van der Waals surface area (Å²) < 4.78 is 12.7. The first-order valence-corrected chi connectivity index (χ1v) is 25.2. The van der Waals surface area contributed by atoms with Crippen molar-refractivity contribution in [3.63, 3.8) is 0 Å². The summed E-state index contributed by atoms with van der Waals surface area (Å²) in [5, 5.41) is 7.81. The minimum absolute atomic E-state index is 0.0745. The van der Waals surface area contributed by atoms with Crippen molar-refractivity contribution in [3.05, 3.63) is 84.9 Å². The van der Waals surface area contributed by atoms with Gasteiger partial charge in [0, 0.05) is 0 Å². The summed E-state index contributed by atoms with van der Waals surface area (Å²) in [5.74, 6) is 0.930. The number of benzene rings is 3. The van der Waals surface area contributed by atoms with Crippen LogP contribution in [0, 0.1) is 0 Å². The van der Waals surface area contributed by atoms with E-state index in [1.807, 2.05) is 0 Å². The van der Waals surface area contributed by atoms with Crippen LogP contribution in [0.1, 0.15) is 62.3 Å². The molecule has 1 N–H and O–H groups in total. The molecule has 40 heavy (non-hydrogen) atoms. The standard InChI is InChI=1S/C30H41N3OP3Se3/c1-28(2,3)31-36(39)32(29(4,5)6)37(40,33(36)30(7,8)9)34-26-22-16-17-23-27(26)35(38,24-18-12-10-13-19-24)25-20-14-11-15-21-25/h10-23H,1-9H3/q-1/p+1/t36-,37+. The number of nitrogens with zero attached hydrogens (tertiary/aromatic N) is 2. The van der Waals surface area contributed by atoms with Crippen LogP contribution in [0.4, 0.5) is 0 Å². The summed E-state index contributed by atoms with van der Waals surface area (Å²) in [6.45, 7) is 20.5. The summed E-state index contributed by atoms with van der Waals surface area (Å²) >= 11 is 11.1. The quantitative estimate of drug-likeness (QED) is 0.223. The average Bonchev–Trinajstić information content (AvgIpc) is 2.81. The molecule has 3 aromatic carbocycles. The van der Waals surface area contributed by atoms with E-state index in [9.17, 15) is 0 Å². The Kier molecular flexibility index (Phi) is 9.36.